The van der Waals surface area contributed by atoms with Crippen LogP contribution in [0.4, 0.5) is 0 Å². The van der Waals surface area contributed by atoms with Crippen molar-refractivity contribution in [2.45, 2.75) is 46.5 Å². The van der Waals surface area contributed by atoms with Crippen LogP contribution >= 0.6 is 0 Å². The van der Waals surface area contributed by atoms with E-state index in [2.05, 4.69) is 45.7 Å². The molecule has 0 saturated heterocycles. The quantitative estimate of drug-likeness (QED) is 0.704. The largest absolute Gasteiger partial charge is 0.264 e. The van der Waals surface area contributed by atoms with Crippen LogP contribution in [0.3, 0.4) is 0 Å². The first kappa shape index (κ1) is 11.2. The van der Waals surface area contributed by atoms with Crippen molar-refractivity contribution in [1.82, 2.24) is 4.98 Å². The van der Waals surface area contributed by atoms with Crippen molar-refractivity contribution >= 4 is 0 Å². The maximum Gasteiger partial charge on any atom is 0.0302 e. The van der Waals surface area contributed by atoms with Gasteiger partial charge in [0.25, 0.3) is 0 Å². The number of nitrogens with zero attached hydrogens (tertiary/aromatic N) is 1. The molecular weight excluding hydrogens is 170 g/mol. The molecule has 1 rings (SSSR count). The van der Waals surface area contributed by atoms with Crippen LogP contribution in [0.1, 0.15) is 57.6 Å². The van der Waals surface area contributed by atoms with E-state index in [1.54, 1.807) is 0 Å². The van der Waals surface area contributed by atoms with Gasteiger partial charge in [-0.15, -0.1) is 0 Å². The van der Waals surface area contributed by atoms with Crippen LogP contribution in [0, 0.1) is 5.92 Å². The average Bonchev–Trinajstić information content (AvgIpc) is 2.16. The summed E-state index contributed by atoms with van der Waals surface area (Å²) in [6, 6.07) is 2.29. The summed E-state index contributed by atoms with van der Waals surface area (Å²) >= 11 is 0. The highest BCUT2D eigenvalue weighted by atomic mass is 14.6. The van der Waals surface area contributed by atoms with E-state index in [4.69, 9.17) is 0 Å². The van der Waals surface area contributed by atoms with Gasteiger partial charge in [-0.05, 0) is 28.9 Å². The molecule has 0 bridgehead atoms. The molecule has 14 heavy (non-hydrogen) atoms. The highest BCUT2D eigenvalue weighted by Crippen LogP contribution is 2.25. The van der Waals surface area contributed by atoms with Crippen molar-refractivity contribution in [2.24, 2.45) is 5.92 Å². The van der Waals surface area contributed by atoms with Gasteiger partial charge in [0.2, 0.25) is 0 Å². The molecule has 0 fully saturated rings. The normalized spacial score (nSPS) is 13.6. The highest BCUT2D eigenvalue weighted by molar-refractivity contribution is 5.23. The SMILES string of the molecule is CC(C)c1cncc(C(C)C(C)C)c1. The first-order valence-corrected chi connectivity index (χ1v) is 5.47. The monoisotopic (exact) mass is 191 g/mol. The minimum Gasteiger partial charge on any atom is -0.264 e. The van der Waals surface area contributed by atoms with E-state index in [0.29, 0.717) is 17.8 Å². The van der Waals surface area contributed by atoms with Crippen molar-refractivity contribution in [3.63, 3.8) is 0 Å². The first-order valence-electron chi connectivity index (χ1n) is 5.47. The predicted octanol–water partition coefficient (Wildman–Crippen LogP) is 3.96. The van der Waals surface area contributed by atoms with E-state index in [1.165, 1.54) is 11.1 Å². The van der Waals surface area contributed by atoms with Gasteiger partial charge in [-0.3, -0.25) is 4.98 Å². The van der Waals surface area contributed by atoms with E-state index >= 15 is 0 Å². The third-order valence-corrected chi connectivity index (χ3v) is 2.97. The van der Waals surface area contributed by atoms with Crippen LogP contribution in [-0.2, 0) is 0 Å². The fraction of sp³-hybridized carbons (Fsp3) is 0.615. The summed E-state index contributed by atoms with van der Waals surface area (Å²) in [5.41, 5.74) is 2.71. The van der Waals surface area contributed by atoms with Crippen LogP contribution in [0.15, 0.2) is 18.5 Å². The van der Waals surface area contributed by atoms with Crippen molar-refractivity contribution in [1.29, 1.82) is 0 Å². The molecule has 0 aromatic carbocycles. The molecule has 1 aromatic rings. The summed E-state index contributed by atoms with van der Waals surface area (Å²) < 4.78 is 0. The Hall–Kier alpha value is -0.850. The third kappa shape index (κ3) is 2.57. The lowest BCUT2D eigenvalue weighted by molar-refractivity contribution is 0.533. The summed E-state index contributed by atoms with van der Waals surface area (Å²) in [6.07, 6.45) is 3.97. The smallest absolute Gasteiger partial charge is 0.0302 e. The molecule has 1 nitrogen and oxygen atoms in total. The maximum atomic E-state index is 4.31. The topological polar surface area (TPSA) is 12.9 Å². The Kier molecular flexibility index (Phi) is 3.68. The lowest BCUT2D eigenvalue weighted by atomic mass is 9.90. The van der Waals surface area contributed by atoms with Crippen molar-refractivity contribution in [2.75, 3.05) is 0 Å². The average molecular weight is 191 g/mol. The number of rotatable bonds is 3. The Labute approximate surface area is 87.6 Å². The molecule has 1 atom stereocenters. The van der Waals surface area contributed by atoms with Gasteiger partial charge in [-0.1, -0.05) is 40.7 Å². The van der Waals surface area contributed by atoms with Gasteiger partial charge < -0.3 is 0 Å². The van der Waals surface area contributed by atoms with Crippen LogP contribution in [0.5, 0.6) is 0 Å². The molecule has 1 unspecified atom stereocenters. The standard InChI is InChI=1S/C13H21N/c1-9(2)11(5)13-6-12(10(3)4)7-14-8-13/h6-11H,1-5H3. The van der Waals surface area contributed by atoms with Gasteiger partial charge in [0.15, 0.2) is 0 Å². The molecule has 0 aliphatic rings. The first-order chi connectivity index (χ1) is 6.52. The molecule has 0 amide bonds. The Morgan fingerprint density at radius 1 is 0.929 bits per heavy atom. The summed E-state index contributed by atoms with van der Waals surface area (Å²) in [5.74, 6) is 1.85. The molecule has 0 spiro atoms. The number of hydrogen-bond acceptors (Lipinski definition) is 1. The van der Waals surface area contributed by atoms with Crippen molar-refractivity contribution < 1.29 is 0 Å². The van der Waals surface area contributed by atoms with Crippen LogP contribution < -0.4 is 0 Å². The molecule has 1 heterocycles. The zero-order valence-electron chi connectivity index (χ0n) is 9.91. The second-order valence-corrected chi connectivity index (χ2v) is 4.74. The molecule has 0 aliphatic carbocycles. The fourth-order valence-corrected chi connectivity index (χ4v) is 1.43. The van der Waals surface area contributed by atoms with Gasteiger partial charge in [-0.25, -0.2) is 0 Å². The number of aromatic nitrogens is 1. The van der Waals surface area contributed by atoms with Gasteiger partial charge in [-0.2, -0.15) is 0 Å². The number of pyridine rings is 1. The molecule has 1 aromatic heterocycles. The van der Waals surface area contributed by atoms with Gasteiger partial charge in [0, 0.05) is 12.4 Å². The molecular formula is C13H21N. The lowest BCUT2D eigenvalue weighted by Gasteiger charge is -2.17. The Balaban J connectivity index is 2.93. The van der Waals surface area contributed by atoms with E-state index in [0.717, 1.165) is 0 Å². The number of hydrogen-bond donors (Lipinski definition) is 0. The van der Waals surface area contributed by atoms with Crippen molar-refractivity contribution in [3.05, 3.63) is 29.6 Å². The van der Waals surface area contributed by atoms with Gasteiger partial charge in [0.1, 0.15) is 0 Å². The second kappa shape index (κ2) is 4.59. The summed E-state index contributed by atoms with van der Waals surface area (Å²) in [6.45, 7) is 11.2. The zero-order valence-corrected chi connectivity index (χ0v) is 9.91. The second-order valence-electron chi connectivity index (χ2n) is 4.74. The predicted molar refractivity (Wildman–Crippen MR) is 61.6 cm³/mol. The molecule has 78 valence electrons. The van der Waals surface area contributed by atoms with Crippen molar-refractivity contribution in [3.8, 4) is 0 Å². The summed E-state index contributed by atoms with van der Waals surface area (Å²) in [5, 5.41) is 0. The van der Waals surface area contributed by atoms with E-state index < -0.39 is 0 Å². The van der Waals surface area contributed by atoms with E-state index in [-0.39, 0.29) is 0 Å². The Morgan fingerprint density at radius 2 is 1.50 bits per heavy atom. The minimum atomic E-state index is 0.571. The molecule has 0 radical (unpaired) electrons. The lowest BCUT2D eigenvalue weighted by Crippen LogP contribution is -2.03. The highest BCUT2D eigenvalue weighted by Gasteiger charge is 2.11. The minimum absolute atomic E-state index is 0.571. The van der Waals surface area contributed by atoms with Crippen LogP contribution in [0.2, 0.25) is 0 Å². The van der Waals surface area contributed by atoms with Gasteiger partial charge >= 0.3 is 0 Å². The zero-order chi connectivity index (χ0) is 10.7. The summed E-state index contributed by atoms with van der Waals surface area (Å²) in [7, 11) is 0. The molecule has 1 heteroatoms. The van der Waals surface area contributed by atoms with E-state index in [1.807, 2.05) is 12.4 Å². The fourth-order valence-electron chi connectivity index (χ4n) is 1.43. The summed E-state index contributed by atoms with van der Waals surface area (Å²) in [4.78, 5) is 4.31. The van der Waals surface area contributed by atoms with Crippen LogP contribution in [0.25, 0.3) is 0 Å². The van der Waals surface area contributed by atoms with Crippen LogP contribution in [-0.4, -0.2) is 4.98 Å². The Morgan fingerprint density at radius 3 is 2.00 bits per heavy atom. The Bertz CT molecular complexity index is 289. The van der Waals surface area contributed by atoms with Gasteiger partial charge in [0.05, 0.1) is 0 Å². The third-order valence-electron chi connectivity index (χ3n) is 2.97. The maximum absolute atomic E-state index is 4.31. The molecule has 0 N–H and O–H groups in total. The van der Waals surface area contributed by atoms with E-state index in [9.17, 15) is 0 Å². The molecule has 0 aliphatic heterocycles. The molecule has 0 saturated carbocycles.